The van der Waals surface area contributed by atoms with Crippen LogP contribution in [0.3, 0.4) is 0 Å². The molecular weight excluding hydrogens is 286 g/mol. The van der Waals surface area contributed by atoms with Crippen molar-refractivity contribution in [1.82, 2.24) is 5.32 Å². The lowest BCUT2D eigenvalue weighted by atomic mass is 9.99. The van der Waals surface area contributed by atoms with E-state index in [1.807, 2.05) is 0 Å². The molecule has 1 unspecified atom stereocenters. The van der Waals surface area contributed by atoms with Crippen LogP contribution in [0.5, 0.6) is 0 Å². The summed E-state index contributed by atoms with van der Waals surface area (Å²) in [7, 11) is 0. The third kappa shape index (κ3) is 4.10. The molecule has 1 N–H and O–H groups in total. The van der Waals surface area contributed by atoms with E-state index in [4.69, 9.17) is 0 Å². The summed E-state index contributed by atoms with van der Waals surface area (Å²) in [4.78, 5) is 0. The Morgan fingerprint density at radius 2 is 2.17 bits per heavy atom. The predicted molar refractivity (Wildman–Crippen MR) is 81.9 cm³/mol. The summed E-state index contributed by atoms with van der Waals surface area (Å²) in [5.41, 5.74) is 2.75. The van der Waals surface area contributed by atoms with Gasteiger partial charge < -0.3 is 5.32 Å². The van der Waals surface area contributed by atoms with Crippen molar-refractivity contribution in [3.05, 3.63) is 33.8 Å². The number of rotatable bonds is 7. The van der Waals surface area contributed by atoms with Crippen LogP contribution >= 0.6 is 15.9 Å². The van der Waals surface area contributed by atoms with E-state index in [1.54, 1.807) is 0 Å². The molecule has 0 spiro atoms. The molecule has 0 heterocycles. The first-order chi connectivity index (χ1) is 8.70. The molecule has 18 heavy (non-hydrogen) atoms. The summed E-state index contributed by atoms with van der Waals surface area (Å²) in [6, 6.07) is 7.24. The Labute approximate surface area is 119 Å². The number of hydrogen-bond acceptors (Lipinski definition) is 1. The maximum atomic E-state index is 3.72. The number of hydrogen-bond donors (Lipinski definition) is 1. The number of halogens is 1. The molecule has 1 fully saturated rings. The molecule has 1 atom stereocenters. The molecule has 1 aromatic carbocycles. The van der Waals surface area contributed by atoms with E-state index in [2.05, 4.69) is 53.3 Å². The van der Waals surface area contributed by atoms with Crippen molar-refractivity contribution in [2.24, 2.45) is 5.92 Å². The molecule has 1 aliphatic rings. The van der Waals surface area contributed by atoms with E-state index in [-0.39, 0.29) is 0 Å². The lowest BCUT2D eigenvalue weighted by Gasteiger charge is -2.20. The standard InChI is InChI=1S/C16H24BrN/c1-3-10-18-16(9-7-13-5-6-13)14-8-4-12(2)11-15(14)17/h4,8,11,13,16,18H,3,5-7,9-10H2,1-2H3. The summed E-state index contributed by atoms with van der Waals surface area (Å²) in [5.74, 6) is 1.01. The van der Waals surface area contributed by atoms with Crippen molar-refractivity contribution in [3.8, 4) is 0 Å². The number of nitrogens with one attached hydrogen (secondary N) is 1. The lowest BCUT2D eigenvalue weighted by molar-refractivity contribution is 0.468. The normalized spacial score (nSPS) is 16.8. The topological polar surface area (TPSA) is 12.0 Å². The average Bonchev–Trinajstić information content (AvgIpc) is 3.14. The summed E-state index contributed by atoms with van der Waals surface area (Å²) >= 11 is 3.72. The molecule has 0 aromatic heterocycles. The Kier molecular flexibility index (Phi) is 5.25. The highest BCUT2D eigenvalue weighted by atomic mass is 79.9. The highest BCUT2D eigenvalue weighted by Crippen LogP contribution is 2.37. The van der Waals surface area contributed by atoms with Gasteiger partial charge in [-0.15, -0.1) is 0 Å². The van der Waals surface area contributed by atoms with Crippen LogP contribution in [-0.4, -0.2) is 6.54 Å². The molecule has 0 aliphatic heterocycles. The first-order valence-corrected chi connectivity index (χ1v) is 7.99. The first-order valence-electron chi connectivity index (χ1n) is 7.20. The van der Waals surface area contributed by atoms with Gasteiger partial charge >= 0.3 is 0 Å². The third-order valence-corrected chi connectivity index (χ3v) is 4.42. The Bertz CT molecular complexity index is 385. The van der Waals surface area contributed by atoms with E-state index in [1.165, 1.54) is 47.7 Å². The Hall–Kier alpha value is -0.340. The van der Waals surface area contributed by atoms with Crippen LogP contribution in [0.4, 0.5) is 0 Å². The minimum absolute atomic E-state index is 0.514. The fourth-order valence-electron chi connectivity index (χ4n) is 2.41. The van der Waals surface area contributed by atoms with Crippen LogP contribution in [0.1, 0.15) is 56.2 Å². The van der Waals surface area contributed by atoms with Crippen molar-refractivity contribution in [1.29, 1.82) is 0 Å². The van der Waals surface area contributed by atoms with Crippen LogP contribution < -0.4 is 5.32 Å². The molecule has 2 rings (SSSR count). The zero-order valence-electron chi connectivity index (χ0n) is 11.5. The second-order valence-corrected chi connectivity index (χ2v) is 6.41. The van der Waals surface area contributed by atoms with Gasteiger partial charge in [-0.3, -0.25) is 0 Å². The monoisotopic (exact) mass is 309 g/mol. The van der Waals surface area contributed by atoms with Crippen molar-refractivity contribution in [3.63, 3.8) is 0 Å². The highest BCUT2D eigenvalue weighted by molar-refractivity contribution is 9.10. The number of benzene rings is 1. The molecule has 2 heteroatoms. The van der Waals surface area contributed by atoms with Gasteiger partial charge in [0.05, 0.1) is 0 Å². The summed E-state index contributed by atoms with van der Waals surface area (Å²) in [6.45, 7) is 5.48. The molecule has 0 radical (unpaired) electrons. The van der Waals surface area contributed by atoms with E-state index >= 15 is 0 Å². The van der Waals surface area contributed by atoms with Crippen molar-refractivity contribution >= 4 is 15.9 Å². The van der Waals surface area contributed by atoms with Gasteiger partial charge in [0.2, 0.25) is 0 Å². The zero-order chi connectivity index (χ0) is 13.0. The minimum Gasteiger partial charge on any atom is -0.310 e. The molecule has 0 bridgehead atoms. The van der Waals surface area contributed by atoms with Crippen molar-refractivity contribution < 1.29 is 0 Å². The quantitative estimate of drug-likeness (QED) is 0.748. The van der Waals surface area contributed by atoms with E-state index < -0.39 is 0 Å². The molecule has 1 aromatic rings. The summed E-state index contributed by atoms with van der Waals surface area (Å²) in [5, 5.41) is 3.70. The molecule has 1 aliphatic carbocycles. The molecule has 0 amide bonds. The van der Waals surface area contributed by atoms with E-state index in [0.29, 0.717) is 6.04 Å². The van der Waals surface area contributed by atoms with Crippen LogP contribution in [-0.2, 0) is 0 Å². The largest absolute Gasteiger partial charge is 0.310 e. The fourth-order valence-corrected chi connectivity index (χ4v) is 3.18. The first kappa shape index (κ1) is 14.1. The molecular formula is C16H24BrN. The predicted octanol–water partition coefficient (Wildman–Crippen LogP) is 4.99. The second kappa shape index (κ2) is 6.72. The molecule has 1 nitrogen and oxygen atoms in total. The number of aryl methyl sites for hydroxylation is 1. The van der Waals surface area contributed by atoms with Gasteiger partial charge in [0, 0.05) is 10.5 Å². The van der Waals surface area contributed by atoms with Gasteiger partial charge in [0.15, 0.2) is 0 Å². The van der Waals surface area contributed by atoms with E-state index in [0.717, 1.165) is 12.5 Å². The van der Waals surface area contributed by atoms with Gasteiger partial charge in [-0.1, -0.05) is 47.8 Å². The Morgan fingerprint density at radius 1 is 1.39 bits per heavy atom. The van der Waals surface area contributed by atoms with Crippen molar-refractivity contribution in [2.75, 3.05) is 6.54 Å². The van der Waals surface area contributed by atoms with Crippen LogP contribution in [0, 0.1) is 12.8 Å². The molecule has 0 saturated heterocycles. The summed E-state index contributed by atoms with van der Waals surface area (Å²) in [6.07, 6.45) is 6.75. The van der Waals surface area contributed by atoms with Crippen LogP contribution in [0.25, 0.3) is 0 Å². The highest BCUT2D eigenvalue weighted by Gasteiger charge is 2.23. The van der Waals surface area contributed by atoms with Gasteiger partial charge in [0.1, 0.15) is 0 Å². The molecule has 1 saturated carbocycles. The van der Waals surface area contributed by atoms with Crippen LogP contribution in [0.15, 0.2) is 22.7 Å². The summed E-state index contributed by atoms with van der Waals surface area (Å²) < 4.78 is 1.26. The van der Waals surface area contributed by atoms with Gasteiger partial charge in [0.25, 0.3) is 0 Å². The average molecular weight is 310 g/mol. The maximum absolute atomic E-state index is 3.72. The minimum atomic E-state index is 0.514. The lowest BCUT2D eigenvalue weighted by Crippen LogP contribution is -2.22. The van der Waals surface area contributed by atoms with Gasteiger partial charge in [-0.2, -0.15) is 0 Å². The Morgan fingerprint density at radius 3 is 2.78 bits per heavy atom. The van der Waals surface area contributed by atoms with Crippen molar-refractivity contribution in [2.45, 2.75) is 52.0 Å². The van der Waals surface area contributed by atoms with Gasteiger partial charge in [-0.05, 0) is 55.8 Å². The van der Waals surface area contributed by atoms with E-state index in [9.17, 15) is 0 Å². The maximum Gasteiger partial charge on any atom is 0.0331 e. The fraction of sp³-hybridized carbons (Fsp3) is 0.625. The molecule has 100 valence electrons. The SMILES string of the molecule is CCCNC(CCC1CC1)c1ccc(C)cc1Br. The zero-order valence-corrected chi connectivity index (χ0v) is 13.1. The smallest absolute Gasteiger partial charge is 0.0331 e. The Balaban J connectivity index is 2.04. The second-order valence-electron chi connectivity index (χ2n) is 5.55. The third-order valence-electron chi connectivity index (χ3n) is 3.73. The van der Waals surface area contributed by atoms with Gasteiger partial charge in [-0.25, -0.2) is 0 Å². The van der Waals surface area contributed by atoms with Crippen LogP contribution in [0.2, 0.25) is 0 Å².